The summed E-state index contributed by atoms with van der Waals surface area (Å²) in [6.45, 7) is 0.320. The molecular formula is C18H22ClN3O4S. The Bertz CT molecular complexity index is 906. The number of nitrogens with one attached hydrogen (secondary N) is 1. The molecule has 1 unspecified atom stereocenters. The number of sulfonamides is 1. The summed E-state index contributed by atoms with van der Waals surface area (Å²) in [6, 6.07) is 12.3. The van der Waals surface area contributed by atoms with E-state index in [1.807, 2.05) is 0 Å². The lowest BCUT2D eigenvalue weighted by Crippen LogP contribution is -2.43. The molecule has 2 aromatic rings. The summed E-state index contributed by atoms with van der Waals surface area (Å²) in [4.78, 5) is 12.9. The summed E-state index contributed by atoms with van der Waals surface area (Å²) in [5.41, 5.74) is 6.74. The van der Waals surface area contributed by atoms with Crippen molar-refractivity contribution in [1.29, 1.82) is 0 Å². The maximum atomic E-state index is 12.8. The van der Waals surface area contributed by atoms with E-state index in [1.54, 1.807) is 36.4 Å². The number of carbonyl (C=O) groups excluding carboxylic acids is 1. The molecule has 1 fully saturated rings. The number of nitrogens with two attached hydrogens (primary N) is 1. The Morgan fingerprint density at radius 1 is 1.22 bits per heavy atom. The number of nitrogen functional groups attached to an aromatic ring is 1. The molecule has 27 heavy (non-hydrogen) atoms. The maximum Gasteiger partial charge on any atom is 0.243 e. The number of ether oxygens (including phenoxy) is 1. The van der Waals surface area contributed by atoms with Gasteiger partial charge in [0.15, 0.2) is 0 Å². The fourth-order valence-electron chi connectivity index (χ4n) is 3.06. The quantitative estimate of drug-likeness (QED) is 0.736. The molecule has 2 aromatic carbocycles. The summed E-state index contributed by atoms with van der Waals surface area (Å²) in [6.07, 6.45) is 1.11. The van der Waals surface area contributed by atoms with Crippen molar-refractivity contribution in [3.05, 3.63) is 48.5 Å². The zero-order valence-corrected chi connectivity index (χ0v) is 16.4. The molecule has 0 bridgehead atoms. The third kappa shape index (κ3) is 4.35. The van der Waals surface area contributed by atoms with E-state index in [0.717, 1.165) is 0 Å². The molecule has 3 N–H and O–H groups in total. The molecule has 1 saturated heterocycles. The Balaban J connectivity index is 0.00000261. The Hall–Kier alpha value is -2.29. The third-order valence-electron chi connectivity index (χ3n) is 4.35. The highest BCUT2D eigenvalue weighted by Crippen LogP contribution is 2.28. The highest BCUT2D eigenvalue weighted by Gasteiger charge is 2.39. The van der Waals surface area contributed by atoms with Crippen molar-refractivity contribution in [3.8, 4) is 5.75 Å². The van der Waals surface area contributed by atoms with Crippen LogP contribution in [-0.4, -0.2) is 38.3 Å². The second kappa shape index (κ2) is 8.60. The minimum Gasteiger partial charge on any atom is -0.495 e. The average Bonchev–Trinajstić information content (AvgIpc) is 3.13. The van der Waals surface area contributed by atoms with Crippen molar-refractivity contribution in [2.24, 2.45) is 0 Å². The van der Waals surface area contributed by atoms with Crippen LogP contribution in [0.1, 0.15) is 12.8 Å². The first-order valence-corrected chi connectivity index (χ1v) is 9.69. The highest BCUT2D eigenvalue weighted by molar-refractivity contribution is 7.89. The summed E-state index contributed by atoms with van der Waals surface area (Å²) in [5.74, 6) is 0.142. The van der Waals surface area contributed by atoms with Crippen molar-refractivity contribution in [2.75, 3.05) is 24.7 Å². The maximum absolute atomic E-state index is 12.8. The summed E-state index contributed by atoms with van der Waals surface area (Å²) >= 11 is 0. The van der Waals surface area contributed by atoms with Gasteiger partial charge in [-0.05, 0) is 43.2 Å². The van der Waals surface area contributed by atoms with Crippen molar-refractivity contribution >= 4 is 39.7 Å². The van der Waals surface area contributed by atoms with Crippen LogP contribution in [0.3, 0.4) is 0 Å². The lowest BCUT2D eigenvalue weighted by molar-refractivity contribution is -0.119. The number of methoxy groups -OCH3 is 1. The van der Waals surface area contributed by atoms with E-state index in [2.05, 4.69) is 5.32 Å². The largest absolute Gasteiger partial charge is 0.495 e. The van der Waals surface area contributed by atoms with Crippen LogP contribution < -0.4 is 15.8 Å². The molecule has 0 aliphatic carbocycles. The number of benzene rings is 2. The monoisotopic (exact) mass is 411 g/mol. The van der Waals surface area contributed by atoms with Gasteiger partial charge in [0.1, 0.15) is 11.8 Å². The summed E-state index contributed by atoms with van der Waals surface area (Å²) in [7, 11) is -2.21. The number of nitrogens with zero attached hydrogens (tertiary/aromatic N) is 1. The van der Waals surface area contributed by atoms with Gasteiger partial charge in [-0.15, -0.1) is 12.4 Å². The molecule has 0 saturated carbocycles. The number of hydrogen-bond donors (Lipinski definition) is 2. The molecule has 0 aromatic heterocycles. The molecule has 9 heteroatoms. The van der Waals surface area contributed by atoms with Crippen LogP contribution in [0, 0.1) is 0 Å². The molecule has 146 valence electrons. The Labute approximate surface area is 165 Å². The van der Waals surface area contributed by atoms with E-state index in [0.29, 0.717) is 36.5 Å². The summed E-state index contributed by atoms with van der Waals surface area (Å²) in [5, 5.41) is 2.75. The lowest BCUT2D eigenvalue weighted by Gasteiger charge is -2.23. The van der Waals surface area contributed by atoms with E-state index >= 15 is 0 Å². The van der Waals surface area contributed by atoms with Gasteiger partial charge in [0.05, 0.1) is 17.7 Å². The van der Waals surface area contributed by atoms with Gasteiger partial charge in [-0.2, -0.15) is 4.31 Å². The van der Waals surface area contributed by atoms with Gasteiger partial charge in [-0.3, -0.25) is 4.79 Å². The van der Waals surface area contributed by atoms with Crippen LogP contribution in [-0.2, 0) is 14.8 Å². The first-order chi connectivity index (χ1) is 12.4. The second-order valence-corrected chi connectivity index (χ2v) is 7.92. The molecule has 1 atom stereocenters. The van der Waals surface area contributed by atoms with Crippen molar-refractivity contribution < 1.29 is 17.9 Å². The van der Waals surface area contributed by atoms with E-state index in [-0.39, 0.29) is 23.2 Å². The number of carbonyl (C=O) groups is 1. The molecule has 3 rings (SSSR count). The summed E-state index contributed by atoms with van der Waals surface area (Å²) < 4.78 is 32.1. The van der Waals surface area contributed by atoms with E-state index in [4.69, 9.17) is 10.5 Å². The topological polar surface area (TPSA) is 102 Å². The number of halogens is 1. The normalized spacial score (nSPS) is 17.1. The van der Waals surface area contributed by atoms with E-state index < -0.39 is 16.1 Å². The minimum absolute atomic E-state index is 0. The number of rotatable bonds is 5. The standard InChI is InChI=1S/C18H21N3O4S.ClH/c1-25-17-10-9-13(12-15(17)19)20-18(22)16-8-5-11-21(16)26(23,24)14-6-3-2-4-7-14;/h2-4,6-7,9-10,12,16H,5,8,11,19H2,1H3,(H,20,22);1H. The van der Waals surface area contributed by atoms with Crippen LogP contribution in [0.2, 0.25) is 0 Å². The molecule has 1 heterocycles. The van der Waals surface area contributed by atoms with Gasteiger partial charge in [0.2, 0.25) is 15.9 Å². The molecule has 1 aliphatic rings. The van der Waals surface area contributed by atoms with Crippen LogP contribution >= 0.6 is 12.4 Å². The van der Waals surface area contributed by atoms with Crippen molar-refractivity contribution in [1.82, 2.24) is 4.31 Å². The number of anilines is 2. The fraction of sp³-hybridized carbons (Fsp3) is 0.278. The molecule has 1 amide bonds. The molecule has 0 radical (unpaired) electrons. The zero-order valence-electron chi connectivity index (χ0n) is 14.8. The fourth-order valence-corrected chi connectivity index (χ4v) is 4.73. The van der Waals surface area contributed by atoms with Gasteiger partial charge in [-0.25, -0.2) is 8.42 Å². The Morgan fingerprint density at radius 2 is 1.93 bits per heavy atom. The van der Waals surface area contributed by atoms with Crippen molar-refractivity contribution in [2.45, 2.75) is 23.8 Å². The molecule has 7 nitrogen and oxygen atoms in total. The van der Waals surface area contributed by atoms with Crippen LogP contribution in [0.25, 0.3) is 0 Å². The van der Waals surface area contributed by atoms with Gasteiger partial charge < -0.3 is 15.8 Å². The molecular weight excluding hydrogens is 390 g/mol. The highest BCUT2D eigenvalue weighted by atomic mass is 35.5. The van der Waals surface area contributed by atoms with E-state index in [9.17, 15) is 13.2 Å². The lowest BCUT2D eigenvalue weighted by atomic mass is 10.2. The van der Waals surface area contributed by atoms with Crippen LogP contribution in [0.15, 0.2) is 53.4 Å². The SMILES string of the molecule is COc1ccc(NC(=O)C2CCCN2S(=O)(=O)c2ccccc2)cc1N.Cl. The average molecular weight is 412 g/mol. The molecule has 1 aliphatic heterocycles. The van der Waals surface area contributed by atoms with E-state index in [1.165, 1.54) is 23.5 Å². The zero-order chi connectivity index (χ0) is 18.7. The van der Waals surface area contributed by atoms with Gasteiger partial charge in [-0.1, -0.05) is 18.2 Å². The van der Waals surface area contributed by atoms with Gasteiger partial charge in [0.25, 0.3) is 0 Å². The predicted octanol–water partition coefficient (Wildman–Crippen LogP) is 2.49. The third-order valence-corrected chi connectivity index (χ3v) is 6.28. The van der Waals surface area contributed by atoms with Crippen LogP contribution in [0.4, 0.5) is 11.4 Å². The number of amides is 1. The molecule has 0 spiro atoms. The Morgan fingerprint density at radius 3 is 2.56 bits per heavy atom. The van der Waals surface area contributed by atoms with Gasteiger partial charge >= 0.3 is 0 Å². The van der Waals surface area contributed by atoms with Crippen LogP contribution in [0.5, 0.6) is 5.75 Å². The predicted molar refractivity (Wildman–Crippen MR) is 107 cm³/mol. The first-order valence-electron chi connectivity index (χ1n) is 8.25. The van der Waals surface area contributed by atoms with Crippen molar-refractivity contribution in [3.63, 3.8) is 0 Å². The Kier molecular flexibility index (Phi) is 6.69. The smallest absolute Gasteiger partial charge is 0.243 e. The van der Waals surface area contributed by atoms with Gasteiger partial charge in [0, 0.05) is 12.2 Å². The second-order valence-electron chi connectivity index (χ2n) is 6.03. The minimum atomic E-state index is -3.72. The number of hydrogen-bond acceptors (Lipinski definition) is 5. The first kappa shape index (κ1) is 21.0.